The van der Waals surface area contributed by atoms with E-state index in [2.05, 4.69) is 58.4 Å². The van der Waals surface area contributed by atoms with E-state index >= 15 is 0 Å². The fourth-order valence-electron chi connectivity index (χ4n) is 4.39. The number of morpholine rings is 1. The topological polar surface area (TPSA) is 40.1 Å². The first kappa shape index (κ1) is 21.6. The first-order valence-electron chi connectivity index (χ1n) is 10.5. The van der Waals surface area contributed by atoms with Crippen molar-refractivity contribution in [2.24, 2.45) is 4.99 Å². The molecule has 2 unspecified atom stereocenters. The van der Waals surface area contributed by atoms with Gasteiger partial charge in [-0.2, -0.15) is 0 Å². The minimum absolute atomic E-state index is 0. The third-order valence-electron chi connectivity index (χ3n) is 5.89. The lowest BCUT2D eigenvalue weighted by molar-refractivity contribution is -0.0432. The zero-order valence-corrected chi connectivity index (χ0v) is 19.2. The normalized spacial score (nSPS) is 25.7. The molecular weight excluding hydrogens is 463 g/mol. The molecule has 4 rings (SSSR count). The molecule has 0 spiro atoms. The van der Waals surface area contributed by atoms with Gasteiger partial charge in [-0.15, -0.1) is 24.0 Å². The lowest BCUT2D eigenvalue weighted by atomic mass is 10.00. The maximum Gasteiger partial charge on any atom is 0.194 e. The summed E-state index contributed by atoms with van der Waals surface area (Å²) in [5.74, 6) is 1.02. The molecule has 28 heavy (non-hydrogen) atoms. The number of fused-ring (bicyclic) bond motifs is 1. The van der Waals surface area contributed by atoms with Crippen molar-refractivity contribution in [1.29, 1.82) is 0 Å². The van der Waals surface area contributed by atoms with E-state index < -0.39 is 0 Å². The second-order valence-corrected chi connectivity index (χ2v) is 7.73. The Bertz CT molecular complexity index is 678. The Labute approximate surface area is 186 Å². The second kappa shape index (κ2) is 10.6. The maximum absolute atomic E-state index is 6.08. The molecule has 1 aromatic carbocycles. The number of aliphatic imine (C=N–C) groups is 1. The van der Waals surface area contributed by atoms with E-state index in [1.54, 1.807) is 0 Å². The Morgan fingerprint density at radius 1 is 1.25 bits per heavy atom. The van der Waals surface area contributed by atoms with Crippen LogP contribution in [0, 0.1) is 0 Å². The summed E-state index contributed by atoms with van der Waals surface area (Å²) in [6, 6.07) is 11.4. The average Bonchev–Trinajstić information content (AvgIpc) is 3.20. The van der Waals surface area contributed by atoms with E-state index in [0.717, 1.165) is 51.7 Å². The van der Waals surface area contributed by atoms with E-state index in [1.165, 1.54) is 30.5 Å². The van der Waals surface area contributed by atoms with E-state index in [4.69, 9.17) is 9.73 Å². The van der Waals surface area contributed by atoms with Gasteiger partial charge in [0, 0.05) is 32.2 Å². The summed E-state index contributed by atoms with van der Waals surface area (Å²) in [4.78, 5) is 9.87. The van der Waals surface area contributed by atoms with Crippen molar-refractivity contribution in [3.05, 3.63) is 42.0 Å². The van der Waals surface area contributed by atoms with Crippen LogP contribution in [0.3, 0.4) is 0 Å². The number of rotatable bonds is 4. The quantitative estimate of drug-likeness (QED) is 0.395. The van der Waals surface area contributed by atoms with Crippen molar-refractivity contribution in [1.82, 2.24) is 15.1 Å². The van der Waals surface area contributed by atoms with Crippen molar-refractivity contribution >= 4 is 35.5 Å². The van der Waals surface area contributed by atoms with Crippen LogP contribution in [0.15, 0.2) is 41.4 Å². The Morgan fingerprint density at radius 2 is 2.11 bits per heavy atom. The highest BCUT2D eigenvalue weighted by atomic mass is 127. The molecule has 2 fully saturated rings. The number of nitrogens with one attached hydrogen (secondary N) is 1. The van der Waals surface area contributed by atoms with Crippen LogP contribution in [0.2, 0.25) is 0 Å². The predicted octanol–water partition coefficient (Wildman–Crippen LogP) is 3.22. The minimum atomic E-state index is 0. The molecule has 0 saturated carbocycles. The first-order valence-corrected chi connectivity index (χ1v) is 10.5. The van der Waals surface area contributed by atoms with Gasteiger partial charge in [-0.3, -0.25) is 9.89 Å². The molecular formula is C22H33IN4O. The fraction of sp³-hybridized carbons (Fsp3) is 0.591. The summed E-state index contributed by atoms with van der Waals surface area (Å²) in [6.07, 6.45) is 6.24. The van der Waals surface area contributed by atoms with Crippen LogP contribution in [0.5, 0.6) is 0 Å². The Kier molecular flexibility index (Phi) is 8.17. The second-order valence-electron chi connectivity index (χ2n) is 7.73. The summed E-state index contributed by atoms with van der Waals surface area (Å²) in [7, 11) is 0. The molecule has 5 nitrogen and oxygen atoms in total. The number of nitrogens with zero attached hydrogens (tertiary/aromatic N) is 3. The number of ether oxygens (including phenoxy) is 1. The van der Waals surface area contributed by atoms with Gasteiger partial charge in [0.05, 0.1) is 19.3 Å². The van der Waals surface area contributed by atoms with Crippen LogP contribution in [0.1, 0.15) is 31.7 Å². The number of hydrogen-bond acceptors (Lipinski definition) is 3. The monoisotopic (exact) mass is 496 g/mol. The van der Waals surface area contributed by atoms with Gasteiger partial charge in [-0.1, -0.05) is 36.4 Å². The lowest BCUT2D eigenvalue weighted by Gasteiger charge is -2.35. The number of hydrogen-bond donors (Lipinski definition) is 1. The van der Waals surface area contributed by atoms with Crippen LogP contribution in [-0.4, -0.2) is 73.8 Å². The first-order chi connectivity index (χ1) is 13.3. The van der Waals surface area contributed by atoms with E-state index in [1.807, 2.05) is 0 Å². The summed E-state index contributed by atoms with van der Waals surface area (Å²) >= 11 is 0. The summed E-state index contributed by atoms with van der Waals surface area (Å²) < 4.78 is 6.08. The fourth-order valence-corrected chi connectivity index (χ4v) is 4.39. The van der Waals surface area contributed by atoms with Crippen molar-refractivity contribution in [2.75, 3.05) is 45.9 Å². The molecule has 1 aromatic rings. The highest BCUT2D eigenvalue weighted by Gasteiger charge is 2.32. The van der Waals surface area contributed by atoms with Gasteiger partial charge in [0.25, 0.3) is 0 Å². The summed E-state index contributed by atoms with van der Waals surface area (Å²) in [6.45, 7) is 8.84. The highest BCUT2D eigenvalue weighted by molar-refractivity contribution is 14.0. The van der Waals surface area contributed by atoms with Crippen molar-refractivity contribution in [3.8, 4) is 0 Å². The molecule has 2 saturated heterocycles. The van der Waals surface area contributed by atoms with Crippen molar-refractivity contribution in [3.63, 3.8) is 0 Å². The van der Waals surface area contributed by atoms with E-state index in [-0.39, 0.29) is 30.1 Å². The zero-order chi connectivity index (χ0) is 18.5. The number of guanidine groups is 1. The third-order valence-corrected chi connectivity index (χ3v) is 5.89. The molecule has 0 amide bonds. The smallest absolute Gasteiger partial charge is 0.194 e. The van der Waals surface area contributed by atoms with Gasteiger partial charge in [-0.25, -0.2) is 0 Å². The summed E-state index contributed by atoms with van der Waals surface area (Å²) in [5.41, 5.74) is 2.79. The van der Waals surface area contributed by atoms with E-state index in [9.17, 15) is 0 Å². The van der Waals surface area contributed by atoms with Crippen LogP contribution in [0.25, 0.3) is 5.57 Å². The average molecular weight is 496 g/mol. The van der Waals surface area contributed by atoms with Gasteiger partial charge in [0.1, 0.15) is 0 Å². The SMILES string of the molecule is CCNC(=NCC1CN2CCCC2CO1)N1CC=C(c2ccccc2)CC1.I. The standard InChI is InChI=1S/C22H32N4O.HI/c1-2-23-22(24-15-21-16-26-12-6-9-20(26)17-27-21)25-13-10-19(11-14-25)18-7-4-3-5-8-18;/h3-5,7-8,10,20-21H,2,6,9,11-17H2,1H3,(H,23,24);1H. The summed E-state index contributed by atoms with van der Waals surface area (Å²) in [5, 5.41) is 3.47. The molecule has 6 heteroatoms. The zero-order valence-electron chi connectivity index (χ0n) is 16.8. The molecule has 3 aliphatic rings. The lowest BCUT2D eigenvalue weighted by Crippen LogP contribution is -2.48. The molecule has 3 aliphatic heterocycles. The molecule has 2 atom stereocenters. The molecule has 0 radical (unpaired) electrons. The molecule has 1 N–H and O–H groups in total. The van der Waals surface area contributed by atoms with Crippen molar-refractivity contribution < 1.29 is 4.74 Å². The van der Waals surface area contributed by atoms with E-state index in [0.29, 0.717) is 6.04 Å². The maximum atomic E-state index is 6.08. The molecule has 0 aromatic heterocycles. The van der Waals surface area contributed by atoms with Gasteiger partial charge >= 0.3 is 0 Å². The third kappa shape index (κ3) is 5.27. The highest BCUT2D eigenvalue weighted by Crippen LogP contribution is 2.23. The largest absolute Gasteiger partial charge is 0.373 e. The van der Waals surface area contributed by atoms with Crippen molar-refractivity contribution in [2.45, 2.75) is 38.3 Å². The van der Waals surface area contributed by atoms with Crippen LogP contribution >= 0.6 is 24.0 Å². The van der Waals surface area contributed by atoms with Crippen LogP contribution < -0.4 is 5.32 Å². The van der Waals surface area contributed by atoms with Gasteiger partial charge in [0.2, 0.25) is 0 Å². The van der Waals surface area contributed by atoms with Crippen LogP contribution in [0.4, 0.5) is 0 Å². The van der Waals surface area contributed by atoms with Crippen LogP contribution in [-0.2, 0) is 4.74 Å². The molecule has 3 heterocycles. The predicted molar refractivity (Wildman–Crippen MR) is 126 cm³/mol. The van der Waals surface area contributed by atoms with Gasteiger partial charge in [-0.05, 0) is 43.9 Å². The molecule has 154 valence electrons. The minimum Gasteiger partial charge on any atom is -0.373 e. The number of halogens is 1. The molecule has 0 bridgehead atoms. The Hall–Kier alpha value is -1.12. The van der Waals surface area contributed by atoms with Gasteiger partial charge in [0.15, 0.2) is 5.96 Å². The number of benzene rings is 1. The molecule has 0 aliphatic carbocycles. The Morgan fingerprint density at radius 3 is 2.86 bits per heavy atom. The Balaban J connectivity index is 0.00000225. The van der Waals surface area contributed by atoms with Gasteiger partial charge < -0.3 is 15.0 Å².